The molecule has 0 unspecified atom stereocenters. The van der Waals surface area contributed by atoms with Crippen LogP contribution in [0.15, 0.2) is 0 Å². The highest BCUT2D eigenvalue weighted by Gasteiger charge is 2.24. The lowest BCUT2D eigenvalue weighted by Crippen LogP contribution is -2.31. The number of nitrogens with zero attached hydrogens (tertiary/aromatic N) is 3. The number of fused-ring (bicyclic) bond motifs is 1. The summed E-state index contributed by atoms with van der Waals surface area (Å²) < 4.78 is 7.00. The summed E-state index contributed by atoms with van der Waals surface area (Å²) in [4.78, 5) is 0. The zero-order valence-electron chi connectivity index (χ0n) is 7.95. The van der Waals surface area contributed by atoms with E-state index >= 15 is 0 Å². The Labute approximate surface area is 77.1 Å². The molecule has 0 bridgehead atoms. The highest BCUT2D eigenvalue weighted by atomic mass is 16.5. The first kappa shape index (κ1) is 8.65. The lowest BCUT2D eigenvalue weighted by atomic mass is 10.0. The Hall–Kier alpha value is -0.940. The summed E-state index contributed by atoms with van der Waals surface area (Å²) >= 11 is 0. The quantitative estimate of drug-likeness (QED) is 0.679. The van der Waals surface area contributed by atoms with Crippen molar-refractivity contribution in [3.63, 3.8) is 0 Å². The van der Waals surface area contributed by atoms with Gasteiger partial charge in [-0.15, -0.1) is 5.10 Å². The van der Waals surface area contributed by atoms with Gasteiger partial charge in [0.15, 0.2) is 0 Å². The summed E-state index contributed by atoms with van der Waals surface area (Å²) in [7, 11) is 3.65. The van der Waals surface area contributed by atoms with E-state index in [4.69, 9.17) is 4.74 Å². The fourth-order valence-electron chi connectivity index (χ4n) is 1.83. The van der Waals surface area contributed by atoms with Crippen LogP contribution >= 0.6 is 0 Å². The molecule has 0 spiro atoms. The number of methoxy groups -OCH3 is 1. The summed E-state index contributed by atoms with van der Waals surface area (Å²) in [6.45, 7) is 2.49. The molecule has 0 aliphatic carbocycles. The minimum Gasteiger partial charge on any atom is -0.384 e. The molecule has 1 atom stereocenters. The molecule has 1 aromatic rings. The van der Waals surface area contributed by atoms with Gasteiger partial charge < -0.3 is 10.1 Å². The van der Waals surface area contributed by atoms with Gasteiger partial charge in [-0.2, -0.15) is 0 Å². The Morgan fingerprint density at radius 1 is 1.69 bits per heavy atom. The van der Waals surface area contributed by atoms with Crippen molar-refractivity contribution in [2.75, 3.05) is 20.3 Å². The highest BCUT2D eigenvalue weighted by molar-refractivity contribution is 5.19. The first-order valence-electron chi connectivity index (χ1n) is 4.41. The van der Waals surface area contributed by atoms with Crippen LogP contribution in [0, 0.1) is 0 Å². The second kappa shape index (κ2) is 3.43. The molecule has 1 aromatic heterocycles. The lowest BCUT2D eigenvalue weighted by Gasteiger charge is -2.22. The van der Waals surface area contributed by atoms with Crippen molar-refractivity contribution in [1.29, 1.82) is 0 Å². The summed E-state index contributed by atoms with van der Waals surface area (Å²) in [6, 6.07) is 0. The fourth-order valence-corrected chi connectivity index (χ4v) is 1.83. The van der Waals surface area contributed by atoms with E-state index in [0.29, 0.717) is 5.92 Å². The third-order valence-corrected chi connectivity index (χ3v) is 2.38. The SMILES string of the molecule is COC[C@H]1CNCc2nnn(C)c21. The van der Waals surface area contributed by atoms with Gasteiger partial charge in [-0.3, -0.25) is 4.68 Å². The van der Waals surface area contributed by atoms with Gasteiger partial charge in [0.25, 0.3) is 0 Å². The van der Waals surface area contributed by atoms with Crippen LogP contribution in [0.4, 0.5) is 0 Å². The maximum absolute atomic E-state index is 5.15. The Morgan fingerprint density at radius 2 is 2.54 bits per heavy atom. The van der Waals surface area contributed by atoms with Crippen LogP contribution in [0.5, 0.6) is 0 Å². The number of rotatable bonds is 2. The molecular formula is C8H14N4O. The maximum Gasteiger partial charge on any atom is 0.100 e. The number of ether oxygens (including phenoxy) is 1. The van der Waals surface area contributed by atoms with Crippen molar-refractivity contribution in [3.05, 3.63) is 11.4 Å². The Kier molecular flexibility index (Phi) is 2.28. The molecule has 1 aliphatic heterocycles. The summed E-state index contributed by atoms with van der Waals surface area (Å²) in [5.41, 5.74) is 2.26. The van der Waals surface area contributed by atoms with E-state index in [1.54, 1.807) is 7.11 Å². The van der Waals surface area contributed by atoms with E-state index in [9.17, 15) is 0 Å². The van der Waals surface area contributed by atoms with Gasteiger partial charge in [0.2, 0.25) is 0 Å². The summed E-state index contributed by atoms with van der Waals surface area (Å²) in [5, 5.41) is 11.4. The third-order valence-electron chi connectivity index (χ3n) is 2.38. The van der Waals surface area contributed by atoms with Gasteiger partial charge >= 0.3 is 0 Å². The van der Waals surface area contributed by atoms with Crippen LogP contribution in [0.3, 0.4) is 0 Å². The number of aromatic nitrogens is 3. The van der Waals surface area contributed by atoms with E-state index < -0.39 is 0 Å². The van der Waals surface area contributed by atoms with Gasteiger partial charge in [-0.25, -0.2) is 0 Å². The normalized spacial score (nSPS) is 21.5. The number of aryl methyl sites for hydroxylation is 1. The van der Waals surface area contributed by atoms with Gasteiger partial charge in [-0.05, 0) is 0 Å². The van der Waals surface area contributed by atoms with Crippen molar-refractivity contribution < 1.29 is 4.74 Å². The molecule has 13 heavy (non-hydrogen) atoms. The molecule has 0 saturated heterocycles. The minimum atomic E-state index is 0.383. The molecule has 72 valence electrons. The van der Waals surface area contributed by atoms with Gasteiger partial charge in [-0.1, -0.05) is 5.21 Å². The standard InChI is InChI=1S/C8H14N4O/c1-12-8-6(5-13-2)3-9-4-7(8)10-11-12/h6,9H,3-5H2,1-2H3/t6-/m1/s1. The van der Waals surface area contributed by atoms with Crippen molar-refractivity contribution in [1.82, 2.24) is 20.3 Å². The Morgan fingerprint density at radius 3 is 3.31 bits per heavy atom. The molecule has 2 heterocycles. The zero-order valence-corrected chi connectivity index (χ0v) is 7.95. The van der Waals surface area contributed by atoms with Crippen molar-refractivity contribution in [3.8, 4) is 0 Å². The third kappa shape index (κ3) is 1.45. The fraction of sp³-hybridized carbons (Fsp3) is 0.750. The van der Waals surface area contributed by atoms with Crippen molar-refractivity contribution >= 4 is 0 Å². The predicted octanol–water partition coefficient (Wildman–Crippen LogP) is -0.352. The van der Waals surface area contributed by atoms with Crippen LogP contribution in [0.1, 0.15) is 17.3 Å². The van der Waals surface area contributed by atoms with Crippen LogP contribution in [-0.4, -0.2) is 35.3 Å². The van der Waals surface area contributed by atoms with E-state index in [1.165, 1.54) is 5.69 Å². The lowest BCUT2D eigenvalue weighted by molar-refractivity contribution is 0.172. The molecule has 1 N–H and O–H groups in total. The van der Waals surface area contributed by atoms with E-state index in [0.717, 1.165) is 25.4 Å². The van der Waals surface area contributed by atoms with Crippen LogP contribution < -0.4 is 5.32 Å². The Bertz CT molecular complexity index is 296. The van der Waals surface area contributed by atoms with Crippen LogP contribution in [0.25, 0.3) is 0 Å². The van der Waals surface area contributed by atoms with Gasteiger partial charge in [0.1, 0.15) is 5.69 Å². The predicted molar refractivity (Wildman–Crippen MR) is 47.3 cm³/mol. The summed E-state index contributed by atoms with van der Waals surface area (Å²) in [5.74, 6) is 0.383. The first-order chi connectivity index (χ1) is 6.33. The molecule has 5 heteroatoms. The molecule has 0 saturated carbocycles. The number of nitrogens with one attached hydrogen (secondary N) is 1. The zero-order chi connectivity index (χ0) is 9.26. The second-order valence-electron chi connectivity index (χ2n) is 3.33. The maximum atomic E-state index is 5.15. The van der Waals surface area contributed by atoms with Gasteiger partial charge in [0, 0.05) is 33.2 Å². The van der Waals surface area contributed by atoms with Crippen LogP contribution in [-0.2, 0) is 18.3 Å². The number of hydrogen-bond donors (Lipinski definition) is 1. The molecule has 0 aromatic carbocycles. The average molecular weight is 182 g/mol. The average Bonchev–Trinajstić information content (AvgIpc) is 2.50. The van der Waals surface area contributed by atoms with Crippen molar-refractivity contribution in [2.45, 2.75) is 12.5 Å². The molecule has 2 rings (SSSR count). The second-order valence-corrected chi connectivity index (χ2v) is 3.33. The van der Waals surface area contributed by atoms with Gasteiger partial charge in [0.05, 0.1) is 12.3 Å². The smallest absolute Gasteiger partial charge is 0.100 e. The van der Waals surface area contributed by atoms with Crippen molar-refractivity contribution in [2.24, 2.45) is 7.05 Å². The molecule has 5 nitrogen and oxygen atoms in total. The molecular weight excluding hydrogens is 168 g/mol. The minimum absolute atomic E-state index is 0.383. The highest BCUT2D eigenvalue weighted by Crippen LogP contribution is 2.21. The molecule has 1 aliphatic rings. The first-order valence-corrected chi connectivity index (χ1v) is 4.41. The summed E-state index contributed by atoms with van der Waals surface area (Å²) in [6.07, 6.45) is 0. The number of hydrogen-bond acceptors (Lipinski definition) is 4. The van der Waals surface area contributed by atoms with Crippen LogP contribution in [0.2, 0.25) is 0 Å². The Balaban J connectivity index is 2.29. The van der Waals surface area contributed by atoms with E-state index in [2.05, 4.69) is 15.6 Å². The monoisotopic (exact) mass is 182 g/mol. The topological polar surface area (TPSA) is 52.0 Å². The molecule has 0 amide bonds. The van der Waals surface area contributed by atoms with E-state index in [1.807, 2.05) is 11.7 Å². The molecule has 0 fully saturated rings. The molecule has 0 radical (unpaired) electrons. The largest absolute Gasteiger partial charge is 0.384 e. The van der Waals surface area contributed by atoms with E-state index in [-0.39, 0.29) is 0 Å².